The predicted molar refractivity (Wildman–Crippen MR) is 49.7 cm³/mol. The van der Waals surface area contributed by atoms with Gasteiger partial charge in [-0.3, -0.25) is 0 Å². The van der Waals surface area contributed by atoms with E-state index in [-0.39, 0.29) is 0 Å². The number of nitrogens with one attached hydrogen (secondary N) is 1. The number of fused-ring (bicyclic) bond motifs is 1. The van der Waals surface area contributed by atoms with Gasteiger partial charge in [0.15, 0.2) is 0 Å². The van der Waals surface area contributed by atoms with Crippen molar-refractivity contribution in [1.82, 2.24) is 5.32 Å². The predicted octanol–water partition coefficient (Wildman–Crippen LogP) is 2.71. The van der Waals surface area contributed by atoms with Crippen LogP contribution in [0.5, 0.6) is 0 Å². The Labute approximate surface area is 78.9 Å². The van der Waals surface area contributed by atoms with Crippen LogP contribution in [0.25, 0.3) is 0 Å². The number of benzene rings is 1. The Bertz CT molecular complexity index is 298. The van der Waals surface area contributed by atoms with Crippen LogP contribution in [-0.4, -0.2) is 0 Å². The van der Waals surface area contributed by atoms with Crippen LogP contribution in [0.1, 0.15) is 11.1 Å². The van der Waals surface area contributed by atoms with E-state index in [1.54, 1.807) is 0 Å². The first kappa shape index (κ1) is 7.59. The summed E-state index contributed by atoms with van der Waals surface area (Å²) in [6.07, 6.45) is 0. The van der Waals surface area contributed by atoms with E-state index in [0.717, 1.165) is 22.6 Å². The molecule has 0 fully saturated rings. The highest BCUT2D eigenvalue weighted by Gasteiger charge is 2.13. The van der Waals surface area contributed by atoms with Gasteiger partial charge in [0.1, 0.15) is 0 Å². The van der Waals surface area contributed by atoms with Gasteiger partial charge in [0.25, 0.3) is 0 Å². The summed E-state index contributed by atoms with van der Waals surface area (Å²) in [4.78, 5) is 0. The number of rotatable bonds is 0. The van der Waals surface area contributed by atoms with Crippen molar-refractivity contribution in [3.8, 4) is 0 Å². The lowest BCUT2D eigenvalue weighted by molar-refractivity contribution is 0.765. The second-order valence-corrected chi connectivity index (χ2v) is 3.95. The molecule has 0 saturated carbocycles. The van der Waals surface area contributed by atoms with E-state index in [1.165, 1.54) is 11.1 Å². The summed E-state index contributed by atoms with van der Waals surface area (Å²) in [5.74, 6) is 0. The highest BCUT2D eigenvalue weighted by molar-refractivity contribution is 9.10. The molecule has 3 heteroatoms. The van der Waals surface area contributed by atoms with Gasteiger partial charge in [-0.15, -0.1) is 0 Å². The van der Waals surface area contributed by atoms with Crippen LogP contribution < -0.4 is 5.32 Å². The van der Waals surface area contributed by atoms with Gasteiger partial charge in [0.2, 0.25) is 0 Å². The van der Waals surface area contributed by atoms with Crippen LogP contribution in [0.4, 0.5) is 0 Å². The van der Waals surface area contributed by atoms with Gasteiger partial charge >= 0.3 is 0 Å². The van der Waals surface area contributed by atoms with Crippen LogP contribution in [0.2, 0.25) is 5.02 Å². The molecule has 0 bridgehead atoms. The monoisotopic (exact) mass is 231 g/mol. The van der Waals surface area contributed by atoms with Gasteiger partial charge in [0.05, 0.1) is 0 Å². The van der Waals surface area contributed by atoms with Crippen molar-refractivity contribution in [2.24, 2.45) is 0 Å². The van der Waals surface area contributed by atoms with E-state index in [4.69, 9.17) is 11.6 Å². The summed E-state index contributed by atoms with van der Waals surface area (Å²) in [6, 6.07) is 4.05. The Kier molecular flexibility index (Phi) is 1.91. The summed E-state index contributed by atoms with van der Waals surface area (Å²) < 4.78 is 1.06. The molecule has 1 heterocycles. The van der Waals surface area contributed by atoms with Crippen molar-refractivity contribution in [1.29, 1.82) is 0 Å². The zero-order valence-electron chi connectivity index (χ0n) is 5.82. The van der Waals surface area contributed by atoms with Crippen molar-refractivity contribution in [3.05, 3.63) is 32.8 Å². The molecule has 0 spiro atoms. The van der Waals surface area contributed by atoms with Gasteiger partial charge in [-0.1, -0.05) is 27.5 Å². The summed E-state index contributed by atoms with van der Waals surface area (Å²) in [6.45, 7) is 1.84. The highest BCUT2D eigenvalue weighted by Crippen LogP contribution is 2.28. The van der Waals surface area contributed by atoms with Gasteiger partial charge in [-0.2, -0.15) is 0 Å². The van der Waals surface area contributed by atoms with Crippen molar-refractivity contribution in [3.63, 3.8) is 0 Å². The fourth-order valence-electron chi connectivity index (χ4n) is 1.33. The van der Waals surface area contributed by atoms with Gasteiger partial charge in [0, 0.05) is 22.6 Å². The quantitative estimate of drug-likeness (QED) is 0.725. The molecule has 0 aromatic heterocycles. The third-order valence-electron chi connectivity index (χ3n) is 1.87. The molecule has 2 rings (SSSR count). The maximum Gasteiger partial charge on any atom is 0.0465 e. The van der Waals surface area contributed by atoms with E-state index in [9.17, 15) is 0 Å². The Morgan fingerprint density at radius 1 is 1.36 bits per heavy atom. The minimum atomic E-state index is 0.861. The SMILES string of the molecule is Clc1cc(Br)cc2c1CNC2. The molecule has 0 amide bonds. The molecule has 1 aliphatic rings. The fourth-order valence-corrected chi connectivity index (χ4v) is 2.28. The molecule has 1 N–H and O–H groups in total. The molecule has 1 aliphatic heterocycles. The molecule has 0 radical (unpaired) electrons. The second kappa shape index (κ2) is 2.77. The standard InChI is InChI=1S/C8H7BrClN/c9-6-1-5-3-11-4-7(5)8(10)2-6/h1-2,11H,3-4H2. The van der Waals surface area contributed by atoms with E-state index in [1.807, 2.05) is 6.07 Å². The maximum absolute atomic E-state index is 6.00. The lowest BCUT2D eigenvalue weighted by atomic mass is 10.1. The Hall–Kier alpha value is -0.0500. The first-order chi connectivity index (χ1) is 5.27. The van der Waals surface area contributed by atoms with Gasteiger partial charge < -0.3 is 5.32 Å². The van der Waals surface area contributed by atoms with Crippen LogP contribution in [0, 0.1) is 0 Å². The van der Waals surface area contributed by atoms with Crippen molar-refractivity contribution in [2.45, 2.75) is 13.1 Å². The first-order valence-corrected chi connectivity index (χ1v) is 4.62. The van der Waals surface area contributed by atoms with Gasteiger partial charge in [-0.05, 0) is 23.3 Å². The molecule has 1 aromatic carbocycles. The molecule has 0 atom stereocenters. The normalized spacial score (nSPS) is 15.1. The van der Waals surface area contributed by atoms with E-state index in [2.05, 4.69) is 27.3 Å². The Balaban J connectivity index is 2.60. The molecular formula is C8H7BrClN. The lowest BCUT2D eigenvalue weighted by Crippen LogP contribution is -2.00. The lowest BCUT2D eigenvalue weighted by Gasteiger charge is -2.00. The van der Waals surface area contributed by atoms with Crippen LogP contribution in [0.3, 0.4) is 0 Å². The second-order valence-electron chi connectivity index (χ2n) is 2.63. The molecule has 0 aliphatic carbocycles. The van der Waals surface area contributed by atoms with Crippen molar-refractivity contribution < 1.29 is 0 Å². The van der Waals surface area contributed by atoms with Crippen molar-refractivity contribution >= 4 is 27.5 Å². The molecule has 11 heavy (non-hydrogen) atoms. The first-order valence-electron chi connectivity index (χ1n) is 3.45. The summed E-state index contributed by atoms with van der Waals surface area (Å²) in [7, 11) is 0. The minimum absolute atomic E-state index is 0.861. The molecular weight excluding hydrogens is 225 g/mol. The summed E-state index contributed by atoms with van der Waals surface area (Å²) in [5, 5.41) is 4.11. The van der Waals surface area contributed by atoms with E-state index < -0.39 is 0 Å². The third kappa shape index (κ3) is 1.31. The Morgan fingerprint density at radius 3 is 3.00 bits per heavy atom. The number of hydrogen-bond acceptors (Lipinski definition) is 1. The average molecular weight is 233 g/mol. The van der Waals surface area contributed by atoms with Gasteiger partial charge in [-0.25, -0.2) is 0 Å². The topological polar surface area (TPSA) is 12.0 Å². The molecule has 1 aromatic rings. The third-order valence-corrected chi connectivity index (χ3v) is 2.66. The molecule has 0 unspecified atom stereocenters. The van der Waals surface area contributed by atoms with Crippen molar-refractivity contribution in [2.75, 3.05) is 0 Å². The van der Waals surface area contributed by atoms with Crippen LogP contribution >= 0.6 is 27.5 Å². The number of halogens is 2. The minimum Gasteiger partial charge on any atom is -0.309 e. The highest BCUT2D eigenvalue weighted by atomic mass is 79.9. The average Bonchev–Trinajstić information content (AvgIpc) is 2.34. The van der Waals surface area contributed by atoms with Crippen LogP contribution in [-0.2, 0) is 13.1 Å². The Morgan fingerprint density at radius 2 is 2.18 bits per heavy atom. The summed E-state index contributed by atoms with van der Waals surface area (Å²) in [5.41, 5.74) is 2.55. The molecule has 1 nitrogen and oxygen atoms in total. The van der Waals surface area contributed by atoms with Crippen LogP contribution in [0.15, 0.2) is 16.6 Å². The van der Waals surface area contributed by atoms with E-state index in [0.29, 0.717) is 0 Å². The maximum atomic E-state index is 6.00. The molecule has 58 valence electrons. The van der Waals surface area contributed by atoms with E-state index >= 15 is 0 Å². The fraction of sp³-hybridized carbons (Fsp3) is 0.250. The zero-order chi connectivity index (χ0) is 7.84. The summed E-state index contributed by atoms with van der Waals surface area (Å²) >= 11 is 9.41. The number of hydrogen-bond donors (Lipinski definition) is 1. The zero-order valence-corrected chi connectivity index (χ0v) is 8.17. The largest absolute Gasteiger partial charge is 0.309 e. The smallest absolute Gasteiger partial charge is 0.0465 e. The molecule has 0 saturated heterocycles.